The highest BCUT2D eigenvalue weighted by Crippen LogP contribution is 2.28. The molecular weight excluding hydrogens is 274 g/mol. The van der Waals surface area contributed by atoms with Crippen LogP contribution in [0, 0.1) is 12.8 Å². The summed E-state index contributed by atoms with van der Waals surface area (Å²) < 4.78 is 5.58. The molecule has 1 aromatic heterocycles. The second-order valence-electron chi connectivity index (χ2n) is 5.62. The SMILES string of the molecule is CCCc1nc(Cl)c(C)c(N2CCC(C)C(OC)C2)n1. The Morgan fingerprint density at radius 1 is 1.40 bits per heavy atom. The molecule has 0 radical (unpaired) electrons. The number of aryl methyl sites for hydroxylation is 1. The lowest BCUT2D eigenvalue weighted by molar-refractivity contribution is 0.0496. The monoisotopic (exact) mass is 297 g/mol. The van der Waals surface area contributed by atoms with Crippen molar-refractivity contribution in [3.05, 3.63) is 16.5 Å². The van der Waals surface area contributed by atoms with Crippen molar-refractivity contribution in [2.24, 2.45) is 5.92 Å². The number of halogens is 1. The van der Waals surface area contributed by atoms with Gasteiger partial charge in [-0.15, -0.1) is 0 Å². The molecule has 0 aromatic carbocycles. The lowest BCUT2D eigenvalue weighted by Gasteiger charge is -2.37. The average Bonchev–Trinajstić information content (AvgIpc) is 2.43. The summed E-state index contributed by atoms with van der Waals surface area (Å²) in [4.78, 5) is 11.4. The van der Waals surface area contributed by atoms with Crippen molar-refractivity contribution in [1.29, 1.82) is 0 Å². The number of piperidine rings is 1. The molecule has 1 fully saturated rings. The van der Waals surface area contributed by atoms with Crippen LogP contribution in [0.5, 0.6) is 0 Å². The molecule has 20 heavy (non-hydrogen) atoms. The Morgan fingerprint density at radius 2 is 2.15 bits per heavy atom. The molecule has 4 nitrogen and oxygen atoms in total. The van der Waals surface area contributed by atoms with Crippen molar-refractivity contribution in [2.75, 3.05) is 25.1 Å². The summed E-state index contributed by atoms with van der Waals surface area (Å²) in [6.07, 6.45) is 3.26. The van der Waals surface area contributed by atoms with Crippen LogP contribution < -0.4 is 4.90 Å². The third-order valence-electron chi connectivity index (χ3n) is 4.07. The zero-order valence-corrected chi connectivity index (χ0v) is 13.6. The molecule has 2 unspecified atom stereocenters. The van der Waals surface area contributed by atoms with Gasteiger partial charge in [-0.05, 0) is 25.7 Å². The van der Waals surface area contributed by atoms with Crippen LogP contribution in [0.1, 0.15) is 38.1 Å². The first-order chi connectivity index (χ1) is 9.56. The van der Waals surface area contributed by atoms with Gasteiger partial charge < -0.3 is 9.64 Å². The molecular formula is C15H24ClN3O. The summed E-state index contributed by atoms with van der Waals surface area (Å²) in [6.45, 7) is 8.24. The zero-order chi connectivity index (χ0) is 14.7. The highest BCUT2D eigenvalue weighted by atomic mass is 35.5. The van der Waals surface area contributed by atoms with Gasteiger partial charge in [-0.25, -0.2) is 9.97 Å². The maximum Gasteiger partial charge on any atom is 0.137 e. The summed E-state index contributed by atoms with van der Waals surface area (Å²) in [5.74, 6) is 2.40. The summed E-state index contributed by atoms with van der Waals surface area (Å²) in [5, 5.41) is 0.575. The second kappa shape index (κ2) is 6.72. The van der Waals surface area contributed by atoms with E-state index in [0.717, 1.165) is 49.6 Å². The van der Waals surface area contributed by atoms with Gasteiger partial charge in [0.2, 0.25) is 0 Å². The minimum absolute atomic E-state index is 0.256. The van der Waals surface area contributed by atoms with Crippen molar-refractivity contribution in [3.63, 3.8) is 0 Å². The number of ether oxygens (including phenoxy) is 1. The molecule has 2 atom stereocenters. The van der Waals surface area contributed by atoms with Gasteiger partial charge in [-0.2, -0.15) is 0 Å². The lowest BCUT2D eigenvalue weighted by atomic mass is 9.95. The van der Waals surface area contributed by atoms with Gasteiger partial charge in [-0.1, -0.05) is 25.4 Å². The predicted molar refractivity (Wildman–Crippen MR) is 82.6 cm³/mol. The number of rotatable bonds is 4. The van der Waals surface area contributed by atoms with Crippen molar-refractivity contribution >= 4 is 17.4 Å². The van der Waals surface area contributed by atoms with Gasteiger partial charge in [-0.3, -0.25) is 0 Å². The van der Waals surface area contributed by atoms with Crippen LogP contribution in [0.2, 0.25) is 5.15 Å². The van der Waals surface area contributed by atoms with Gasteiger partial charge in [0.15, 0.2) is 0 Å². The number of hydrogen-bond donors (Lipinski definition) is 0. The van der Waals surface area contributed by atoms with E-state index in [1.54, 1.807) is 7.11 Å². The number of methoxy groups -OCH3 is 1. The molecule has 0 N–H and O–H groups in total. The van der Waals surface area contributed by atoms with E-state index < -0.39 is 0 Å². The Labute approximate surface area is 126 Å². The third kappa shape index (κ3) is 3.23. The molecule has 5 heteroatoms. The van der Waals surface area contributed by atoms with Crippen molar-refractivity contribution in [2.45, 2.75) is 46.1 Å². The first kappa shape index (κ1) is 15.5. The Morgan fingerprint density at radius 3 is 2.80 bits per heavy atom. The van der Waals surface area contributed by atoms with E-state index >= 15 is 0 Å². The first-order valence-electron chi connectivity index (χ1n) is 7.37. The molecule has 0 bridgehead atoms. The zero-order valence-electron chi connectivity index (χ0n) is 12.8. The third-order valence-corrected chi connectivity index (χ3v) is 4.44. The fourth-order valence-corrected chi connectivity index (χ4v) is 2.88. The van der Waals surface area contributed by atoms with Crippen molar-refractivity contribution < 1.29 is 4.74 Å². The highest BCUT2D eigenvalue weighted by Gasteiger charge is 2.28. The number of anilines is 1. The van der Waals surface area contributed by atoms with Crippen molar-refractivity contribution in [1.82, 2.24) is 9.97 Å². The molecule has 1 aliphatic heterocycles. The second-order valence-corrected chi connectivity index (χ2v) is 5.97. The van der Waals surface area contributed by atoms with Crippen LogP contribution in [0.25, 0.3) is 0 Å². The smallest absolute Gasteiger partial charge is 0.137 e. The fourth-order valence-electron chi connectivity index (χ4n) is 2.70. The van der Waals surface area contributed by atoms with E-state index in [4.69, 9.17) is 21.3 Å². The molecule has 1 aliphatic rings. The van der Waals surface area contributed by atoms with Gasteiger partial charge >= 0.3 is 0 Å². The Balaban J connectivity index is 2.27. The maximum absolute atomic E-state index is 6.26. The van der Waals surface area contributed by atoms with E-state index in [1.807, 2.05) is 6.92 Å². The number of aromatic nitrogens is 2. The van der Waals surface area contributed by atoms with Gasteiger partial charge in [0, 0.05) is 32.2 Å². The van der Waals surface area contributed by atoms with Crippen LogP contribution in [-0.2, 0) is 11.2 Å². The van der Waals surface area contributed by atoms with Gasteiger partial charge in [0.25, 0.3) is 0 Å². The standard InChI is InChI=1S/C15H24ClN3O/c1-5-6-13-17-14(16)11(3)15(18-13)19-8-7-10(2)12(9-19)20-4/h10,12H,5-9H2,1-4H3. The summed E-state index contributed by atoms with van der Waals surface area (Å²) in [6, 6.07) is 0. The van der Waals surface area contributed by atoms with Crippen molar-refractivity contribution in [3.8, 4) is 0 Å². The van der Waals surface area contributed by atoms with E-state index in [2.05, 4.69) is 23.7 Å². The Bertz CT molecular complexity index is 467. The van der Waals surface area contributed by atoms with E-state index in [0.29, 0.717) is 11.1 Å². The molecule has 2 rings (SSSR count). The minimum Gasteiger partial charge on any atom is -0.379 e. The van der Waals surface area contributed by atoms with E-state index in [-0.39, 0.29) is 6.10 Å². The molecule has 112 valence electrons. The number of nitrogens with zero attached hydrogens (tertiary/aromatic N) is 3. The van der Waals surface area contributed by atoms with Gasteiger partial charge in [0.1, 0.15) is 16.8 Å². The molecule has 1 saturated heterocycles. The summed E-state index contributed by atoms with van der Waals surface area (Å²) >= 11 is 6.26. The molecule has 2 heterocycles. The van der Waals surface area contributed by atoms with E-state index in [9.17, 15) is 0 Å². The fraction of sp³-hybridized carbons (Fsp3) is 0.733. The largest absolute Gasteiger partial charge is 0.379 e. The molecule has 1 aromatic rings. The van der Waals surface area contributed by atoms with Crippen LogP contribution in [0.3, 0.4) is 0 Å². The van der Waals surface area contributed by atoms with Crippen LogP contribution in [-0.4, -0.2) is 36.3 Å². The topological polar surface area (TPSA) is 38.2 Å². The molecule has 0 aliphatic carbocycles. The number of hydrogen-bond acceptors (Lipinski definition) is 4. The predicted octanol–water partition coefficient (Wildman–Crippen LogP) is 3.25. The quantitative estimate of drug-likeness (QED) is 0.800. The molecule has 0 saturated carbocycles. The highest BCUT2D eigenvalue weighted by molar-refractivity contribution is 6.30. The lowest BCUT2D eigenvalue weighted by Crippen LogP contribution is -2.44. The summed E-state index contributed by atoms with van der Waals surface area (Å²) in [7, 11) is 1.78. The van der Waals surface area contributed by atoms with Gasteiger partial charge in [0.05, 0.1) is 6.10 Å². The Hall–Kier alpha value is -0.870. The van der Waals surface area contributed by atoms with E-state index in [1.165, 1.54) is 0 Å². The summed E-state index contributed by atoms with van der Waals surface area (Å²) in [5.41, 5.74) is 0.968. The van der Waals surface area contributed by atoms with Crippen LogP contribution in [0.15, 0.2) is 0 Å². The molecule has 0 amide bonds. The normalized spacial score (nSPS) is 23.1. The Kier molecular flexibility index (Phi) is 5.22. The van der Waals surface area contributed by atoms with Crippen LogP contribution in [0.4, 0.5) is 5.82 Å². The first-order valence-corrected chi connectivity index (χ1v) is 7.75. The average molecular weight is 298 g/mol. The molecule has 0 spiro atoms. The maximum atomic E-state index is 6.26. The minimum atomic E-state index is 0.256. The van der Waals surface area contributed by atoms with Crippen LogP contribution >= 0.6 is 11.6 Å².